The lowest BCUT2D eigenvalue weighted by Crippen LogP contribution is -2.25. The molecule has 0 atom stereocenters. The SMILES string of the molecule is CC(C)NOCCOCCOCCOCCN=[N+]=[N-]. The molecule has 0 aliphatic carbocycles. The number of azide groups is 1. The van der Waals surface area contributed by atoms with Crippen molar-refractivity contribution in [3.05, 3.63) is 10.4 Å². The van der Waals surface area contributed by atoms with Crippen LogP contribution in [-0.2, 0) is 19.0 Å². The molecule has 1 N–H and O–H groups in total. The minimum absolute atomic E-state index is 0.308. The van der Waals surface area contributed by atoms with Gasteiger partial charge in [0, 0.05) is 17.5 Å². The third kappa shape index (κ3) is 17.1. The van der Waals surface area contributed by atoms with Crippen LogP contribution in [0.2, 0.25) is 0 Å². The molecule has 0 spiro atoms. The van der Waals surface area contributed by atoms with E-state index in [0.29, 0.717) is 58.8 Å². The van der Waals surface area contributed by atoms with Crippen LogP contribution in [0.15, 0.2) is 5.11 Å². The van der Waals surface area contributed by atoms with Crippen molar-refractivity contribution in [2.45, 2.75) is 19.9 Å². The maximum atomic E-state index is 8.02. The van der Waals surface area contributed by atoms with Gasteiger partial charge in [-0.3, -0.25) is 4.84 Å². The number of nitrogens with zero attached hydrogens (tertiary/aromatic N) is 3. The Morgan fingerprint density at radius 3 is 2.00 bits per heavy atom. The third-order valence-electron chi connectivity index (χ3n) is 1.79. The van der Waals surface area contributed by atoms with Gasteiger partial charge in [-0.25, -0.2) is 0 Å². The summed E-state index contributed by atoms with van der Waals surface area (Å²) >= 11 is 0. The van der Waals surface area contributed by atoms with Crippen LogP contribution in [0.25, 0.3) is 10.4 Å². The highest BCUT2D eigenvalue weighted by atomic mass is 16.7. The molecular weight excluding hydrogens is 252 g/mol. The monoisotopic (exact) mass is 276 g/mol. The number of rotatable bonds is 14. The molecule has 0 aliphatic rings. The van der Waals surface area contributed by atoms with E-state index in [4.69, 9.17) is 24.6 Å². The highest BCUT2D eigenvalue weighted by Crippen LogP contribution is 1.83. The molecule has 8 nitrogen and oxygen atoms in total. The van der Waals surface area contributed by atoms with E-state index in [-0.39, 0.29) is 0 Å². The van der Waals surface area contributed by atoms with Gasteiger partial charge in [-0.1, -0.05) is 5.11 Å². The van der Waals surface area contributed by atoms with E-state index in [0.717, 1.165) is 0 Å². The lowest BCUT2D eigenvalue weighted by atomic mass is 10.4. The van der Waals surface area contributed by atoms with Crippen molar-refractivity contribution < 1.29 is 19.0 Å². The Morgan fingerprint density at radius 2 is 1.47 bits per heavy atom. The Hall–Kier alpha value is -0.890. The van der Waals surface area contributed by atoms with E-state index in [1.807, 2.05) is 13.8 Å². The van der Waals surface area contributed by atoms with Gasteiger partial charge in [0.1, 0.15) is 0 Å². The summed E-state index contributed by atoms with van der Waals surface area (Å²) in [5.41, 5.74) is 10.8. The first-order chi connectivity index (χ1) is 9.27. The van der Waals surface area contributed by atoms with Gasteiger partial charge in [-0.15, -0.1) is 0 Å². The molecule has 19 heavy (non-hydrogen) atoms. The summed E-state index contributed by atoms with van der Waals surface area (Å²) in [5.74, 6) is 0. The maximum Gasteiger partial charge on any atom is 0.0916 e. The molecule has 0 rings (SSSR count). The molecule has 0 unspecified atom stereocenters. The van der Waals surface area contributed by atoms with Crippen LogP contribution in [0.1, 0.15) is 13.8 Å². The number of nitrogens with one attached hydrogen (secondary N) is 1. The van der Waals surface area contributed by atoms with Gasteiger partial charge in [0.25, 0.3) is 0 Å². The van der Waals surface area contributed by atoms with E-state index in [1.54, 1.807) is 0 Å². The van der Waals surface area contributed by atoms with Crippen molar-refractivity contribution in [3.8, 4) is 0 Å². The second kappa shape index (κ2) is 15.2. The van der Waals surface area contributed by atoms with E-state index in [1.165, 1.54) is 0 Å². The number of hydroxylamine groups is 1. The molecule has 0 aliphatic heterocycles. The summed E-state index contributed by atoms with van der Waals surface area (Å²) in [6, 6.07) is 0.308. The van der Waals surface area contributed by atoms with Crippen molar-refractivity contribution >= 4 is 0 Å². The molecule has 0 bridgehead atoms. The van der Waals surface area contributed by atoms with E-state index in [9.17, 15) is 0 Å². The van der Waals surface area contributed by atoms with Crippen molar-refractivity contribution in [3.63, 3.8) is 0 Å². The zero-order valence-electron chi connectivity index (χ0n) is 11.7. The van der Waals surface area contributed by atoms with Gasteiger partial charge >= 0.3 is 0 Å². The summed E-state index contributed by atoms with van der Waals surface area (Å²) in [6.45, 7) is 7.88. The van der Waals surface area contributed by atoms with Crippen LogP contribution < -0.4 is 5.48 Å². The summed E-state index contributed by atoms with van der Waals surface area (Å²) in [4.78, 5) is 7.73. The molecule has 0 saturated heterocycles. The van der Waals surface area contributed by atoms with Crippen molar-refractivity contribution in [2.75, 3.05) is 52.8 Å². The van der Waals surface area contributed by atoms with Gasteiger partial charge < -0.3 is 14.2 Å². The average Bonchev–Trinajstić information content (AvgIpc) is 2.39. The van der Waals surface area contributed by atoms with E-state index >= 15 is 0 Å². The largest absolute Gasteiger partial charge is 0.379 e. The number of hydrogen-bond acceptors (Lipinski definition) is 6. The molecule has 0 aromatic heterocycles. The first-order valence-corrected chi connectivity index (χ1v) is 6.38. The van der Waals surface area contributed by atoms with Crippen molar-refractivity contribution in [1.29, 1.82) is 0 Å². The number of hydrogen-bond donors (Lipinski definition) is 1. The second-order valence-electron chi connectivity index (χ2n) is 3.91. The normalized spacial score (nSPS) is 10.7. The van der Waals surface area contributed by atoms with Gasteiger partial charge in [0.2, 0.25) is 0 Å². The Kier molecular flexibility index (Phi) is 14.5. The Morgan fingerprint density at radius 1 is 0.947 bits per heavy atom. The predicted molar refractivity (Wildman–Crippen MR) is 70.7 cm³/mol. The van der Waals surface area contributed by atoms with Gasteiger partial charge in [-0.2, -0.15) is 5.48 Å². The minimum Gasteiger partial charge on any atom is -0.379 e. The molecule has 0 radical (unpaired) electrons. The highest BCUT2D eigenvalue weighted by molar-refractivity contribution is 4.44. The zero-order valence-corrected chi connectivity index (χ0v) is 11.7. The van der Waals surface area contributed by atoms with Crippen molar-refractivity contribution in [1.82, 2.24) is 5.48 Å². The van der Waals surface area contributed by atoms with Gasteiger partial charge in [0.15, 0.2) is 0 Å². The Bertz CT molecular complexity index is 235. The van der Waals surface area contributed by atoms with E-state index < -0.39 is 0 Å². The summed E-state index contributed by atoms with van der Waals surface area (Å²) in [5, 5.41) is 3.34. The third-order valence-corrected chi connectivity index (χ3v) is 1.79. The quantitative estimate of drug-likeness (QED) is 0.169. The fourth-order valence-corrected chi connectivity index (χ4v) is 1.02. The molecule has 0 amide bonds. The molecule has 0 aromatic carbocycles. The topological polar surface area (TPSA) is 97.7 Å². The maximum absolute atomic E-state index is 8.02. The first kappa shape index (κ1) is 18.1. The standard InChI is InChI=1S/C11H24N4O4/c1-11(2)14-19-10-9-18-8-7-17-6-5-16-4-3-13-15-12/h11,14H,3-10H2,1-2H3. The molecule has 112 valence electrons. The second-order valence-corrected chi connectivity index (χ2v) is 3.91. The fourth-order valence-electron chi connectivity index (χ4n) is 1.02. The van der Waals surface area contributed by atoms with Gasteiger partial charge in [0.05, 0.1) is 46.2 Å². The minimum atomic E-state index is 0.308. The molecule has 0 heterocycles. The number of ether oxygens (including phenoxy) is 3. The molecule has 8 heteroatoms. The molecule has 0 fully saturated rings. The summed E-state index contributed by atoms with van der Waals surface area (Å²) in [6.07, 6.45) is 0. The smallest absolute Gasteiger partial charge is 0.0916 e. The summed E-state index contributed by atoms with van der Waals surface area (Å²) < 4.78 is 15.7. The lowest BCUT2D eigenvalue weighted by Gasteiger charge is -2.09. The Labute approximate surface area is 113 Å². The van der Waals surface area contributed by atoms with Crippen LogP contribution in [0, 0.1) is 0 Å². The fraction of sp³-hybridized carbons (Fsp3) is 1.00. The molecule has 0 aromatic rings. The van der Waals surface area contributed by atoms with Gasteiger partial charge in [-0.05, 0) is 19.4 Å². The van der Waals surface area contributed by atoms with Crippen LogP contribution in [0.3, 0.4) is 0 Å². The van der Waals surface area contributed by atoms with E-state index in [2.05, 4.69) is 15.5 Å². The Balaban J connectivity index is 2.97. The van der Waals surface area contributed by atoms with Crippen LogP contribution >= 0.6 is 0 Å². The molecule has 0 saturated carbocycles. The average molecular weight is 276 g/mol. The highest BCUT2D eigenvalue weighted by Gasteiger charge is 1.93. The van der Waals surface area contributed by atoms with Crippen LogP contribution in [0.5, 0.6) is 0 Å². The van der Waals surface area contributed by atoms with Crippen LogP contribution in [-0.4, -0.2) is 58.8 Å². The van der Waals surface area contributed by atoms with Crippen molar-refractivity contribution in [2.24, 2.45) is 5.11 Å². The first-order valence-electron chi connectivity index (χ1n) is 6.38. The van der Waals surface area contributed by atoms with Crippen LogP contribution in [0.4, 0.5) is 0 Å². The molecular formula is C11H24N4O4. The lowest BCUT2D eigenvalue weighted by molar-refractivity contribution is -0.0310. The summed E-state index contributed by atoms with van der Waals surface area (Å²) in [7, 11) is 0. The zero-order chi connectivity index (χ0) is 14.2. The predicted octanol–water partition coefficient (Wildman–Crippen LogP) is 1.28.